The van der Waals surface area contributed by atoms with Crippen LogP contribution >= 0.6 is 0 Å². The van der Waals surface area contributed by atoms with Crippen LogP contribution in [0.25, 0.3) is 0 Å². The van der Waals surface area contributed by atoms with E-state index in [1.807, 2.05) is 0 Å². The molecule has 0 fully saturated rings. The predicted octanol–water partition coefficient (Wildman–Crippen LogP) is -6.93. The summed E-state index contributed by atoms with van der Waals surface area (Å²) in [4.78, 5) is 22.1. The number of carboxylic acids is 2. The van der Waals surface area contributed by atoms with Gasteiger partial charge in [0.25, 0.3) is 0 Å². The average molecular weight is 324 g/mol. The molecule has 0 N–H and O–H groups in total. The number of hydrogen-bond donors (Lipinski definition) is 0. The maximum Gasteiger partial charge on any atom is 1.00 e. The second-order valence-electron chi connectivity index (χ2n) is 4.22. The van der Waals surface area contributed by atoms with Gasteiger partial charge in [-0.3, -0.25) is 0 Å². The van der Waals surface area contributed by atoms with Gasteiger partial charge in [0, 0.05) is 0 Å². The number of nitrogens with zero attached hydrogens (tertiary/aromatic N) is 4. The minimum Gasteiger partial charge on any atom is -0.546 e. The summed E-state index contributed by atoms with van der Waals surface area (Å²) in [7, 11) is 0. The fourth-order valence-corrected chi connectivity index (χ4v) is 1.53. The minimum atomic E-state index is -2.29. The molecule has 0 amide bonds. The third kappa shape index (κ3) is 6.33. The largest absolute Gasteiger partial charge is 1.00 e. The molecule has 2 atom stereocenters. The molecule has 108 valence electrons. The summed E-state index contributed by atoms with van der Waals surface area (Å²) in [6.45, 7) is 3.24. The van der Waals surface area contributed by atoms with Crippen LogP contribution in [0.15, 0.2) is 10.2 Å². The Kier molecular flexibility index (Phi) is 14.4. The Morgan fingerprint density at radius 1 is 0.909 bits per heavy atom. The molecule has 0 aromatic carbocycles. The summed E-state index contributed by atoms with van der Waals surface area (Å²) in [5, 5.41) is 46.6. The van der Waals surface area contributed by atoms with Gasteiger partial charge in [-0.15, -0.1) is 0 Å². The first-order valence-corrected chi connectivity index (χ1v) is 6.03. The third-order valence-corrected chi connectivity index (χ3v) is 2.66. The average Bonchev–Trinajstić information content (AvgIpc) is 2.41. The van der Waals surface area contributed by atoms with E-state index in [1.54, 1.807) is 13.8 Å². The van der Waals surface area contributed by atoms with Gasteiger partial charge in [-0.1, -0.05) is 26.7 Å². The Hall–Kier alpha value is -0.480. The molecule has 22 heavy (non-hydrogen) atoms. The molecule has 0 aromatic heterocycles. The van der Waals surface area contributed by atoms with Crippen molar-refractivity contribution in [3.8, 4) is 12.1 Å². The van der Waals surface area contributed by atoms with E-state index in [4.69, 9.17) is 10.5 Å². The number of hydrogen-bond acceptors (Lipinski definition) is 8. The normalized spacial score (nSPS) is 15.1. The van der Waals surface area contributed by atoms with E-state index in [9.17, 15) is 19.8 Å². The summed E-state index contributed by atoms with van der Waals surface area (Å²) in [5.74, 6) is -3.57. The molecule has 0 heterocycles. The first-order chi connectivity index (χ1) is 9.34. The van der Waals surface area contributed by atoms with Gasteiger partial charge in [-0.05, 0) is 12.8 Å². The zero-order chi connectivity index (χ0) is 15.8. The molecule has 8 nitrogen and oxygen atoms in total. The zero-order valence-electron chi connectivity index (χ0n) is 13.3. The molecular formula is C12H14N4Na2O4. The van der Waals surface area contributed by atoms with Crippen molar-refractivity contribution < 1.29 is 78.9 Å². The standard InChI is InChI=1S/C12H16N4O4.2Na/c1-3-5-11(7-13,9(17)18)15-16-12(8-14,6-4-2)10(19)20;;/h3-6H2,1-2H3,(H,17,18)(H,19,20);;/q;2*+1/p-2. The quantitative estimate of drug-likeness (QED) is 0.319. The van der Waals surface area contributed by atoms with Crippen molar-refractivity contribution in [2.24, 2.45) is 10.2 Å². The summed E-state index contributed by atoms with van der Waals surface area (Å²) in [6.07, 6.45) is 0.185. The van der Waals surface area contributed by atoms with Gasteiger partial charge in [0.2, 0.25) is 11.1 Å². The van der Waals surface area contributed by atoms with Crippen molar-refractivity contribution in [2.75, 3.05) is 0 Å². The smallest absolute Gasteiger partial charge is 0.546 e. The van der Waals surface area contributed by atoms with Crippen LogP contribution in [0, 0.1) is 22.7 Å². The van der Waals surface area contributed by atoms with Crippen LogP contribution in [0.1, 0.15) is 39.5 Å². The molecule has 0 aliphatic carbocycles. The molecule has 10 heteroatoms. The van der Waals surface area contributed by atoms with Crippen molar-refractivity contribution in [3.63, 3.8) is 0 Å². The summed E-state index contributed by atoms with van der Waals surface area (Å²) in [5.41, 5.74) is -4.58. The topological polar surface area (TPSA) is 153 Å². The maximum atomic E-state index is 11.0. The first-order valence-electron chi connectivity index (χ1n) is 6.03. The van der Waals surface area contributed by atoms with Crippen LogP contribution < -0.4 is 69.3 Å². The monoisotopic (exact) mass is 324 g/mol. The molecule has 0 aliphatic heterocycles. The third-order valence-electron chi connectivity index (χ3n) is 2.66. The molecule has 0 bridgehead atoms. The number of carbonyl (C=O) groups is 2. The minimum absolute atomic E-state index is 0. The molecule has 0 rings (SSSR count). The molecule has 0 saturated heterocycles. The zero-order valence-corrected chi connectivity index (χ0v) is 17.3. The number of carboxylic acid groups (broad SMARTS) is 2. The molecule has 0 aliphatic rings. The van der Waals surface area contributed by atoms with E-state index in [0.717, 1.165) is 0 Å². The fraction of sp³-hybridized carbons (Fsp3) is 0.667. The van der Waals surface area contributed by atoms with Gasteiger partial charge in [0.15, 0.2) is 0 Å². The van der Waals surface area contributed by atoms with Gasteiger partial charge >= 0.3 is 59.1 Å². The summed E-state index contributed by atoms with van der Waals surface area (Å²) >= 11 is 0. The van der Waals surface area contributed by atoms with E-state index in [-0.39, 0.29) is 72.0 Å². The first kappa shape index (κ1) is 26.4. The Morgan fingerprint density at radius 2 is 1.18 bits per heavy atom. The number of carbonyl (C=O) groups excluding carboxylic acids is 2. The van der Waals surface area contributed by atoms with Crippen molar-refractivity contribution in [1.82, 2.24) is 0 Å². The fourth-order valence-electron chi connectivity index (χ4n) is 1.53. The van der Waals surface area contributed by atoms with Crippen molar-refractivity contribution >= 4 is 11.9 Å². The van der Waals surface area contributed by atoms with E-state index < -0.39 is 23.0 Å². The van der Waals surface area contributed by atoms with Crippen LogP contribution in [0.4, 0.5) is 0 Å². The molecule has 0 spiro atoms. The SMILES string of the molecule is CCCC(C#N)(N=NC(C#N)(CCC)C(=O)[O-])C(=O)[O-].[Na+].[Na+]. The van der Waals surface area contributed by atoms with Gasteiger partial charge in [0.1, 0.15) is 12.1 Å². The number of rotatable bonds is 8. The number of aliphatic carboxylic acids is 2. The molecule has 0 aromatic rings. The van der Waals surface area contributed by atoms with Crippen LogP contribution in [0.2, 0.25) is 0 Å². The van der Waals surface area contributed by atoms with E-state index in [0.29, 0.717) is 12.8 Å². The number of azo groups is 1. The Morgan fingerprint density at radius 3 is 1.32 bits per heavy atom. The molecule has 0 radical (unpaired) electrons. The second-order valence-corrected chi connectivity index (χ2v) is 4.22. The van der Waals surface area contributed by atoms with E-state index in [2.05, 4.69) is 10.2 Å². The second kappa shape index (κ2) is 12.0. The van der Waals surface area contributed by atoms with Crippen LogP contribution in [-0.4, -0.2) is 23.0 Å². The molecule has 0 saturated carbocycles. The Balaban J connectivity index is -0.00000180. The van der Waals surface area contributed by atoms with Gasteiger partial charge in [-0.2, -0.15) is 20.8 Å². The van der Waals surface area contributed by atoms with Gasteiger partial charge < -0.3 is 19.8 Å². The van der Waals surface area contributed by atoms with Gasteiger partial charge in [0.05, 0.1) is 11.9 Å². The Bertz CT molecular complexity index is 456. The molecule has 2 unspecified atom stereocenters. The summed E-state index contributed by atoms with van der Waals surface area (Å²) < 4.78 is 0. The van der Waals surface area contributed by atoms with E-state index >= 15 is 0 Å². The Labute approximate surface area is 173 Å². The van der Waals surface area contributed by atoms with E-state index in [1.165, 1.54) is 12.1 Å². The summed E-state index contributed by atoms with van der Waals surface area (Å²) in [6, 6.07) is 2.90. The van der Waals surface area contributed by atoms with Crippen molar-refractivity contribution in [1.29, 1.82) is 10.5 Å². The van der Waals surface area contributed by atoms with Crippen LogP contribution in [0.5, 0.6) is 0 Å². The predicted molar refractivity (Wildman–Crippen MR) is 61.4 cm³/mol. The van der Waals surface area contributed by atoms with Crippen LogP contribution in [-0.2, 0) is 9.59 Å². The maximum absolute atomic E-state index is 11.0. The number of nitriles is 2. The van der Waals surface area contributed by atoms with Crippen molar-refractivity contribution in [2.45, 2.75) is 50.6 Å². The van der Waals surface area contributed by atoms with Gasteiger partial charge in [-0.25, -0.2) is 0 Å². The van der Waals surface area contributed by atoms with Crippen molar-refractivity contribution in [3.05, 3.63) is 0 Å². The molecular weight excluding hydrogens is 310 g/mol. The van der Waals surface area contributed by atoms with Crippen LogP contribution in [0.3, 0.4) is 0 Å².